The number of hydrogen-bond acceptors (Lipinski definition) is 3. The molecule has 1 heterocycles. The van der Waals surface area contributed by atoms with Gasteiger partial charge in [0, 0.05) is 4.43 Å². The normalized spacial score (nSPS) is 17.6. The van der Waals surface area contributed by atoms with Crippen LogP contribution in [0, 0.1) is 5.92 Å². The molecule has 15 heavy (non-hydrogen) atoms. The van der Waals surface area contributed by atoms with Crippen molar-refractivity contribution in [3.05, 3.63) is 0 Å². The molecule has 0 amide bonds. The fourth-order valence-electron chi connectivity index (χ4n) is 1.18. The van der Waals surface area contributed by atoms with Crippen LogP contribution in [0.1, 0.15) is 33.6 Å². The van der Waals surface area contributed by atoms with Gasteiger partial charge in [0.2, 0.25) is 0 Å². The number of halogens is 1. The van der Waals surface area contributed by atoms with Gasteiger partial charge < -0.3 is 10.1 Å². The van der Waals surface area contributed by atoms with Crippen molar-refractivity contribution in [1.82, 2.24) is 5.32 Å². The van der Waals surface area contributed by atoms with Crippen molar-refractivity contribution in [2.24, 2.45) is 5.92 Å². The molecule has 0 unspecified atom stereocenters. The second-order valence-corrected chi connectivity index (χ2v) is 5.55. The maximum Gasteiger partial charge on any atom is 0.293 e. The number of nitrogens with one attached hydrogen (secondary N) is 1. The lowest BCUT2D eigenvalue weighted by atomic mass is 10.0. The van der Waals surface area contributed by atoms with E-state index in [9.17, 15) is 4.79 Å². The smallest absolute Gasteiger partial charge is 0.293 e. The summed E-state index contributed by atoms with van der Waals surface area (Å²) in [5.74, 6) is 1.01. The molecule has 0 aromatic heterocycles. The van der Waals surface area contributed by atoms with E-state index in [-0.39, 0.29) is 5.60 Å². The number of piperidine rings is 1. The van der Waals surface area contributed by atoms with Crippen LogP contribution in [0.15, 0.2) is 0 Å². The summed E-state index contributed by atoms with van der Waals surface area (Å²) in [4.78, 5) is 9.60. The fraction of sp³-hybridized carbons (Fsp3) is 0.909. The van der Waals surface area contributed by atoms with E-state index >= 15 is 0 Å². The van der Waals surface area contributed by atoms with Gasteiger partial charge in [0.15, 0.2) is 0 Å². The van der Waals surface area contributed by atoms with Crippen molar-refractivity contribution in [3.63, 3.8) is 0 Å². The maximum absolute atomic E-state index is 9.60. The largest absolute Gasteiger partial charge is 0.462 e. The third-order valence-corrected chi connectivity index (χ3v) is 3.32. The van der Waals surface area contributed by atoms with Crippen molar-refractivity contribution < 1.29 is 9.53 Å². The highest BCUT2D eigenvalue weighted by atomic mass is 127. The SMILES string of the molecule is CC(C)(C)OC=O.ICC1CCNCC1. The summed E-state index contributed by atoms with van der Waals surface area (Å²) in [6, 6.07) is 0. The molecule has 1 fully saturated rings. The molecule has 0 bridgehead atoms. The minimum absolute atomic E-state index is 0.318. The maximum atomic E-state index is 9.60. The Kier molecular flexibility index (Phi) is 8.42. The van der Waals surface area contributed by atoms with Gasteiger partial charge in [0.1, 0.15) is 5.60 Å². The molecular formula is C11H22INO2. The van der Waals surface area contributed by atoms with Crippen LogP contribution in [-0.2, 0) is 9.53 Å². The number of ether oxygens (including phenoxy) is 1. The molecule has 0 atom stereocenters. The van der Waals surface area contributed by atoms with Gasteiger partial charge in [-0.2, -0.15) is 0 Å². The zero-order chi connectivity index (χ0) is 11.7. The summed E-state index contributed by atoms with van der Waals surface area (Å²) in [6.45, 7) is 8.41. The Morgan fingerprint density at radius 3 is 2.13 bits per heavy atom. The Balaban J connectivity index is 0.000000265. The predicted octanol–water partition coefficient (Wildman–Crippen LogP) is 2.38. The molecule has 90 valence electrons. The van der Waals surface area contributed by atoms with Gasteiger partial charge in [-0.15, -0.1) is 0 Å². The Labute approximate surface area is 106 Å². The van der Waals surface area contributed by atoms with E-state index in [1.807, 2.05) is 20.8 Å². The fourth-order valence-corrected chi connectivity index (χ4v) is 2.06. The van der Waals surface area contributed by atoms with Crippen LogP contribution in [0.25, 0.3) is 0 Å². The summed E-state index contributed by atoms with van der Waals surface area (Å²) in [7, 11) is 0. The third kappa shape index (κ3) is 10.4. The first-order valence-corrected chi connectivity index (χ1v) is 6.90. The minimum atomic E-state index is -0.318. The van der Waals surface area contributed by atoms with E-state index in [0.29, 0.717) is 6.47 Å². The Hall–Kier alpha value is 0.160. The van der Waals surface area contributed by atoms with Crippen molar-refractivity contribution in [2.45, 2.75) is 39.2 Å². The molecule has 3 nitrogen and oxygen atoms in total. The molecule has 4 heteroatoms. The van der Waals surface area contributed by atoms with Gasteiger partial charge in [-0.1, -0.05) is 22.6 Å². The summed E-state index contributed by atoms with van der Waals surface area (Å²) < 4.78 is 5.90. The molecule has 0 aliphatic carbocycles. The molecule has 1 saturated heterocycles. The first-order chi connectivity index (χ1) is 6.99. The van der Waals surface area contributed by atoms with Crippen LogP contribution < -0.4 is 5.32 Å². The van der Waals surface area contributed by atoms with Gasteiger partial charge in [0.05, 0.1) is 0 Å². The minimum Gasteiger partial charge on any atom is -0.462 e. The third-order valence-electron chi connectivity index (χ3n) is 2.08. The van der Waals surface area contributed by atoms with Crippen molar-refractivity contribution in [3.8, 4) is 0 Å². The van der Waals surface area contributed by atoms with E-state index in [2.05, 4.69) is 32.6 Å². The highest BCUT2D eigenvalue weighted by Gasteiger charge is 2.09. The van der Waals surface area contributed by atoms with Crippen LogP contribution in [0.3, 0.4) is 0 Å². The predicted molar refractivity (Wildman–Crippen MR) is 71.4 cm³/mol. The van der Waals surface area contributed by atoms with Gasteiger partial charge in [-0.05, 0) is 52.6 Å². The van der Waals surface area contributed by atoms with Crippen LogP contribution in [0.2, 0.25) is 0 Å². The van der Waals surface area contributed by atoms with Gasteiger partial charge in [0.25, 0.3) is 6.47 Å². The lowest BCUT2D eigenvalue weighted by Crippen LogP contribution is -2.28. The average Bonchev–Trinajstić information content (AvgIpc) is 2.18. The second-order valence-electron chi connectivity index (χ2n) is 4.67. The number of carbonyl (C=O) groups excluding carboxylic acids is 1. The lowest BCUT2D eigenvalue weighted by Gasteiger charge is -2.19. The zero-order valence-corrected chi connectivity index (χ0v) is 12.0. The van der Waals surface area contributed by atoms with Gasteiger partial charge in [-0.3, -0.25) is 4.79 Å². The second kappa shape index (κ2) is 8.33. The molecule has 1 aliphatic heterocycles. The van der Waals surface area contributed by atoms with E-state index < -0.39 is 0 Å². The molecular weight excluding hydrogens is 305 g/mol. The van der Waals surface area contributed by atoms with Crippen LogP contribution in [0.5, 0.6) is 0 Å². The summed E-state index contributed by atoms with van der Waals surface area (Å²) in [5.41, 5.74) is -0.318. The molecule has 0 aromatic carbocycles. The van der Waals surface area contributed by atoms with E-state index in [4.69, 9.17) is 0 Å². The summed E-state index contributed by atoms with van der Waals surface area (Å²) in [5, 5.41) is 3.35. The highest BCUT2D eigenvalue weighted by molar-refractivity contribution is 14.1. The number of alkyl halides is 1. The first-order valence-electron chi connectivity index (χ1n) is 5.37. The standard InChI is InChI=1S/C6H12IN.C5H10O2/c7-5-6-1-3-8-4-2-6;1-5(2,3)7-4-6/h6,8H,1-5H2;4H,1-3H3. The zero-order valence-electron chi connectivity index (χ0n) is 9.88. The van der Waals surface area contributed by atoms with E-state index in [1.165, 1.54) is 30.4 Å². The summed E-state index contributed by atoms with van der Waals surface area (Å²) in [6.07, 6.45) is 2.78. The van der Waals surface area contributed by atoms with Crippen LogP contribution in [-0.4, -0.2) is 29.6 Å². The van der Waals surface area contributed by atoms with Gasteiger partial charge in [-0.25, -0.2) is 0 Å². The lowest BCUT2D eigenvalue weighted by molar-refractivity contribution is -0.138. The van der Waals surface area contributed by atoms with E-state index in [0.717, 1.165) is 5.92 Å². The molecule has 0 spiro atoms. The topological polar surface area (TPSA) is 38.3 Å². The van der Waals surface area contributed by atoms with Crippen LogP contribution in [0.4, 0.5) is 0 Å². The number of hydrogen-bond donors (Lipinski definition) is 1. The number of rotatable bonds is 2. The van der Waals surface area contributed by atoms with Crippen molar-refractivity contribution >= 4 is 29.1 Å². The molecule has 0 saturated carbocycles. The van der Waals surface area contributed by atoms with E-state index in [1.54, 1.807) is 0 Å². The monoisotopic (exact) mass is 327 g/mol. The number of carbonyl (C=O) groups is 1. The molecule has 0 radical (unpaired) electrons. The van der Waals surface area contributed by atoms with Gasteiger partial charge >= 0.3 is 0 Å². The summed E-state index contributed by atoms with van der Waals surface area (Å²) >= 11 is 2.48. The molecule has 1 rings (SSSR count). The van der Waals surface area contributed by atoms with Crippen molar-refractivity contribution in [1.29, 1.82) is 0 Å². The highest BCUT2D eigenvalue weighted by Crippen LogP contribution is 2.13. The van der Waals surface area contributed by atoms with Crippen molar-refractivity contribution in [2.75, 3.05) is 17.5 Å². The average molecular weight is 327 g/mol. The Bertz CT molecular complexity index is 162. The molecule has 0 aromatic rings. The Morgan fingerprint density at radius 2 is 1.93 bits per heavy atom. The molecule has 1 aliphatic rings. The molecule has 1 N–H and O–H groups in total. The quantitative estimate of drug-likeness (QED) is 0.481. The van der Waals surface area contributed by atoms with Crippen LogP contribution >= 0.6 is 22.6 Å². The Morgan fingerprint density at radius 1 is 1.40 bits per heavy atom. The first kappa shape index (κ1) is 15.2.